The molecule has 0 spiro atoms. The monoisotopic (exact) mass is 725 g/mol. The van der Waals surface area contributed by atoms with Gasteiger partial charge in [-0.3, -0.25) is 5.10 Å². The minimum atomic E-state index is 0.591. The van der Waals surface area contributed by atoms with Gasteiger partial charge in [0.1, 0.15) is 0 Å². The molecule has 5 heteroatoms. The van der Waals surface area contributed by atoms with Crippen LogP contribution in [0.15, 0.2) is 102 Å². The van der Waals surface area contributed by atoms with E-state index < -0.39 is 0 Å². The quantitative estimate of drug-likeness (QED) is 0.177. The van der Waals surface area contributed by atoms with Gasteiger partial charge in [0.05, 0.1) is 6.20 Å². The van der Waals surface area contributed by atoms with Gasteiger partial charge in [0, 0.05) is 40.3 Å². The molecule has 1 aliphatic carbocycles. The lowest BCUT2D eigenvalue weighted by Gasteiger charge is -2.20. The number of hydrogen-bond donors (Lipinski definition) is 1. The van der Waals surface area contributed by atoms with Crippen molar-refractivity contribution in [3.8, 4) is 11.1 Å². The molecule has 2 aliphatic rings. The first kappa shape index (κ1) is 33.2. The van der Waals surface area contributed by atoms with E-state index in [4.69, 9.17) is 0 Å². The molecule has 0 saturated carbocycles. The van der Waals surface area contributed by atoms with Crippen LogP contribution in [0.5, 0.6) is 0 Å². The van der Waals surface area contributed by atoms with Gasteiger partial charge in [0.15, 0.2) is 0 Å². The summed E-state index contributed by atoms with van der Waals surface area (Å²) in [6.07, 6.45) is 8.84. The molecule has 0 amide bonds. The summed E-state index contributed by atoms with van der Waals surface area (Å²) < 4.78 is 1.22. The van der Waals surface area contributed by atoms with Crippen molar-refractivity contribution in [3.63, 3.8) is 0 Å². The van der Waals surface area contributed by atoms with Crippen molar-refractivity contribution in [2.45, 2.75) is 77.1 Å². The Morgan fingerprint density at radius 3 is 2.00 bits per heavy atom. The molecule has 3 nitrogen and oxygen atoms in total. The van der Waals surface area contributed by atoms with Gasteiger partial charge in [-0.15, -0.1) is 0 Å². The Morgan fingerprint density at radius 2 is 1.38 bits per heavy atom. The van der Waals surface area contributed by atoms with E-state index in [-0.39, 0.29) is 0 Å². The first-order valence-corrected chi connectivity index (χ1v) is 18.1. The zero-order valence-corrected chi connectivity index (χ0v) is 30.2. The predicted octanol–water partition coefficient (Wildman–Crippen LogP) is 11.4. The minimum absolute atomic E-state index is 0.591. The van der Waals surface area contributed by atoms with Gasteiger partial charge in [-0.1, -0.05) is 120 Å². The first-order valence-electron chi connectivity index (χ1n) is 16.2. The second kappa shape index (κ2) is 15.9. The third-order valence-corrected chi connectivity index (χ3v) is 9.92. The minimum Gasteiger partial charge on any atom is -0.367 e. The molecule has 0 radical (unpaired) electrons. The molecular formula is C40H45Br2N3. The van der Waals surface area contributed by atoms with Gasteiger partial charge in [0.25, 0.3) is 0 Å². The van der Waals surface area contributed by atoms with Crippen molar-refractivity contribution >= 4 is 37.5 Å². The van der Waals surface area contributed by atoms with Crippen molar-refractivity contribution in [3.05, 3.63) is 141 Å². The number of rotatable bonds is 6. The number of hydrogen-bond acceptors (Lipinski definition) is 2. The van der Waals surface area contributed by atoms with Gasteiger partial charge in [-0.25, -0.2) is 0 Å². The topological polar surface area (TPSA) is 31.9 Å². The van der Waals surface area contributed by atoms with E-state index in [1.807, 2.05) is 12.4 Å². The molecule has 2 heterocycles. The highest BCUT2D eigenvalue weighted by molar-refractivity contribution is 9.10. The zero-order chi connectivity index (χ0) is 31.8. The largest absolute Gasteiger partial charge is 0.367 e. The number of anilines is 1. The second-order valence-corrected chi connectivity index (χ2v) is 14.2. The number of aromatic amines is 1. The number of halogens is 2. The lowest BCUT2D eigenvalue weighted by Crippen LogP contribution is -2.19. The molecule has 1 aliphatic heterocycles. The molecular weight excluding hydrogens is 682 g/mol. The van der Waals surface area contributed by atoms with Crippen LogP contribution in [-0.2, 0) is 31.1 Å². The predicted molar refractivity (Wildman–Crippen MR) is 199 cm³/mol. The number of benzene rings is 4. The molecule has 0 unspecified atom stereocenters. The maximum absolute atomic E-state index is 4.05. The lowest BCUT2D eigenvalue weighted by molar-refractivity contribution is 0.830. The number of fused-ring (bicyclic) bond motifs is 2. The Kier molecular flexibility index (Phi) is 11.7. The number of aromatic nitrogens is 2. The molecule has 0 atom stereocenters. The molecule has 5 aromatic rings. The number of nitrogens with zero attached hydrogens (tertiary/aromatic N) is 2. The number of nitrogens with one attached hydrogen (secondary N) is 1. The third kappa shape index (κ3) is 8.98. The molecule has 7 rings (SSSR count). The van der Waals surface area contributed by atoms with Crippen LogP contribution in [0.3, 0.4) is 0 Å². The molecule has 234 valence electrons. The Labute approximate surface area is 286 Å². The molecule has 0 fully saturated rings. The van der Waals surface area contributed by atoms with E-state index in [9.17, 15) is 0 Å². The average Bonchev–Trinajstić information content (AvgIpc) is 3.84. The standard InChI is InChI=1S/C21H23N3.C10H13Br.C9H9Br/c1-15(2)17-5-3-16(4-6-17)14-24-10-9-19-11-18(7-8-21(19)24)20-12-22-23-13-20;1-8(2)10-5-3-9(7-11)4-6-10;10-9-5-4-7-2-1-3-8(7)6-9/h3-8,11-13,15H,9-10,14H2,1-2H3,(H,22,23);3-6,8H,7H2,1-2H3;4-6H,1-3H2. The second-order valence-electron chi connectivity index (χ2n) is 12.7. The van der Waals surface area contributed by atoms with Crippen LogP contribution in [0.2, 0.25) is 0 Å². The Hall–Kier alpha value is -3.15. The van der Waals surface area contributed by atoms with Gasteiger partial charge >= 0.3 is 0 Å². The summed E-state index contributed by atoms with van der Waals surface area (Å²) in [7, 11) is 0. The highest BCUT2D eigenvalue weighted by Gasteiger charge is 2.20. The van der Waals surface area contributed by atoms with E-state index in [0.717, 1.165) is 30.4 Å². The molecule has 0 bridgehead atoms. The highest BCUT2D eigenvalue weighted by atomic mass is 79.9. The smallest absolute Gasteiger partial charge is 0.0565 e. The Bertz CT molecular complexity index is 1640. The van der Waals surface area contributed by atoms with E-state index >= 15 is 0 Å². The molecule has 0 saturated heterocycles. The highest BCUT2D eigenvalue weighted by Crippen LogP contribution is 2.33. The van der Waals surface area contributed by atoms with Crippen molar-refractivity contribution in [2.24, 2.45) is 0 Å². The summed E-state index contributed by atoms with van der Waals surface area (Å²) in [5.41, 5.74) is 13.8. The summed E-state index contributed by atoms with van der Waals surface area (Å²) in [6, 6.07) is 31.2. The lowest BCUT2D eigenvalue weighted by atomic mass is 10.0. The maximum Gasteiger partial charge on any atom is 0.0565 e. The summed E-state index contributed by atoms with van der Waals surface area (Å²) >= 11 is 6.88. The summed E-state index contributed by atoms with van der Waals surface area (Å²) in [4.78, 5) is 2.48. The van der Waals surface area contributed by atoms with Crippen molar-refractivity contribution in [1.29, 1.82) is 0 Å². The van der Waals surface area contributed by atoms with Gasteiger partial charge < -0.3 is 4.90 Å². The van der Waals surface area contributed by atoms with E-state index in [1.54, 1.807) is 5.56 Å². The van der Waals surface area contributed by atoms with Gasteiger partial charge in [-0.05, 0) is 106 Å². The molecule has 1 N–H and O–H groups in total. The van der Waals surface area contributed by atoms with Crippen LogP contribution in [0, 0.1) is 0 Å². The summed E-state index contributed by atoms with van der Waals surface area (Å²) in [5, 5.41) is 7.89. The number of aryl methyl sites for hydroxylation is 2. The molecule has 1 aromatic heterocycles. The fourth-order valence-corrected chi connectivity index (χ4v) is 6.77. The fraction of sp³-hybridized carbons (Fsp3) is 0.325. The van der Waals surface area contributed by atoms with Crippen LogP contribution < -0.4 is 4.90 Å². The van der Waals surface area contributed by atoms with Crippen LogP contribution in [0.25, 0.3) is 11.1 Å². The summed E-state index contributed by atoms with van der Waals surface area (Å²) in [6.45, 7) is 11.0. The number of H-pyrrole nitrogens is 1. The van der Waals surface area contributed by atoms with Crippen molar-refractivity contribution < 1.29 is 0 Å². The molecule has 4 aromatic carbocycles. The van der Waals surface area contributed by atoms with Crippen molar-refractivity contribution in [1.82, 2.24) is 10.2 Å². The first-order chi connectivity index (χ1) is 21.8. The SMILES string of the molecule is Brc1ccc2c(c1)CCC2.CC(C)c1ccc(CBr)cc1.CC(C)c1ccc(CN2CCc3cc(-c4cn[nH]c4)ccc32)cc1. The van der Waals surface area contributed by atoms with Gasteiger partial charge in [-0.2, -0.15) is 5.10 Å². The van der Waals surface area contributed by atoms with Crippen LogP contribution in [0.1, 0.15) is 84.9 Å². The average molecular weight is 728 g/mol. The van der Waals surface area contributed by atoms with Crippen LogP contribution >= 0.6 is 31.9 Å². The number of alkyl halides is 1. The normalized spacial score (nSPS) is 13.2. The van der Waals surface area contributed by atoms with E-state index in [2.05, 4.69) is 160 Å². The van der Waals surface area contributed by atoms with Crippen LogP contribution in [0.4, 0.5) is 5.69 Å². The maximum atomic E-state index is 4.05. The Balaban J connectivity index is 0.000000157. The van der Waals surface area contributed by atoms with Gasteiger partial charge in [0.2, 0.25) is 0 Å². The third-order valence-electron chi connectivity index (χ3n) is 8.78. The van der Waals surface area contributed by atoms with E-state index in [0.29, 0.717) is 11.8 Å². The molecule has 45 heavy (non-hydrogen) atoms. The van der Waals surface area contributed by atoms with Crippen molar-refractivity contribution in [2.75, 3.05) is 11.4 Å². The fourth-order valence-electron chi connectivity index (χ4n) is 5.98. The zero-order valence-electron chi connectivity index (χ0n) is 27.0. The Morgan fingerprint density at radius 1 is 0.711 bits per heavy atom. The van der Waals surface area contributed by atoms with Crippen LogP contribution in [-0.4, -0.2) is 16.7 Å². The van der Waals surface area contributed by atoms with E-state index in [1.165, 1.54) is 68.4 Å². The summed E-state index contributed by atoms with van der Waals surface area (Å²) in [5.74, 6) is 1.23.